The molecular formula is C20H24N4O. The van der Waals surface area contributed by atoms with Gasteiger partial charge in [0.1, 0.15) is 0 Å². The Hall–Kier alpha value is -2.66. The molecule has 1 saturated heterocycles. The highest BCUT2D eigenvalue weighted by molar-refractivity contribution is 6.03. The summed E-state index contributed by atoms with van der Waals surface area (Å²) < 4.78 is 0. The van der Waals surface area contributed by atoms with Crippen molar-refractivity contribution < 1.29 is 4.79 Å². The van der Waals surface area contributed by atoms with Crippen molar-refractivity contribution >= 4 is 23.4 Å². The molecule has 1 amide bonds. The first-order valence-corrected chi connectivity index (χ1v) is 8.65. The van der Waals surface area contributed by atoms with E-state index in [-0.39, 0.29) is 5.91 Å². The molecule has 0 aliphatic carbocycles. The number of carbonyl (C=O) groups excluding carboxylic acids is 1. The van der Waals surface area contributed by atoms with Crippen molar-refractivity contribution in [2.75, 3.05) is 30.8 Å². The van der Waals surface area contributed by atoms with E-state index in [2.05, 4.69) is 27.6 Å². The molecule has 0 saturated carbocycles. The summed E-state index contributed by atoms with van der Waals surface area (Å²) in [5, 5.41) is 6.52. The summed E-state index contributed by atoms with van der Waals surface area (Å²) in [4.78, 5) is 18.7. The lowest BCUT2D eigenvalue weighted by Gasteiger charge is -2.30. The molecule has 0 unspecified atom stereocenters. The second kappa shape index (κ2) is 8.44. The van der Waals surface area contributed by atoms with Crippen LogP contribution in [0, 0.1) is 0 Å². The minimum atomic E-state index is -0.164. The lowest BCUT2D eigenvalue weighted by atomic mass is 10.0. The van der Waals surface area contributed by atoms with Crippen LogP contribution in [0.25, 0.3) is 6.08 Å². The molecule has 1 aliphatic heterocycles. The van der Waals surface area contributed by atoms with Crippen LogP contribution in [0.15, 0.2) is 54.7 Å². The number of amides is 1. The number of hydrogen-bond donors (Lipinski definition) is 2. The van der Waals surface area contributed by atoms with Gasteiger partial charge in [-0.3, -0.25) is 9.78 Å². The lowest BCUT2D eigenvalue weighted by molar-refractivity contribution is -0.111. The van der Waals surface area contributed by atoms with Crippen molar-refractivity contribution in [3.8, 4) is 0 Å². The standard InChI is InChI=1S/C20H24N4O/c1-24-14-11-17(12-15-24)22-18-7-2-3-8-19(18)23-20(25)10-9-16-6-4-5-13-21-16/h2-10,13,17,22H,11-12,14-15H2,1H3,(H,23,25). The average molecular weight is 336 g/mol. The number of rotatable bonds is 5. The highest BCUT2D eigenvalue weighted by Gasteiger charge is 2.17. The minimum absolute atomic E-state index is 0.164. The fourth-order valence-corrected chi connectivity index (χ4v) is 2.90. The van der Waals surface area contributed by atoms with Crippen molar-refractivity contribution in [1.82, 2.24) is 9.88 Å². The van der Waals surface area contributed by atoms with Gasteiger partial charge in [0.15, 0.2) is 0 Å². The van der Waals surface area contributed by atoms with Gasteiger partial charge >= 0.3 is 0 Å². The van der Waals surface area contributed by atoms with E-state index < -0.39 is 0 Å². The summed E-state index contributed by atoms with van der Waals surface area (Å²) in [5.41, 5.74) is 2.53. The molecule has 0 spiro atoms. The summed E-state index contributed by atoms with van der Waals surface area (Å²) in [7, 11) is 2.15. The van der Waals surface area contributed by atoms with Gasteiger partial charge in [0.2, 0.25) is 5.91 Å². The Bertz CT molecular complexity index is 721. The molecule has 2 heterocycles. The van der Waals surface area contributed by atoms with Crippen molar-refractivity contribution in [2.45, 2.75) is 18.9 Å². The van der Waals surface area contributed by atoms with Gasteiger partial charge in [-0.15, -0.1) is 0 Å². The van der Waals surface area contributed by atoms with Crippen LogP contribution in [-0.2, 0) is 4.79 Å². The molecule has 1 fully saturated rings. The number of nitrogens with zero attached hydrogens (tertiary/aromatic N) is 2. The number of aromatic nitrogens is 1. The number of pyridine rings is 1. The van der Waals surface area contributed by atoms with Gasteiger partial charge < -0.3 is 15.5 Å². The van der Waals surface area contributed by atoms with E-state index in [0.717, 1.165) is 43.0 Å². The molecule has 5 heteroatoms. The first-order valence-electron chi connectivity index (χ1n) is 8.65. The van der Waals surface area contributed by atoms with E-state index in [1.54, 1.807) is 12.3 Å². The molecule has 1 aliphatic rings. The summed E-state index contributed by atoms with van der Waals surface area (Å²) in [6.07, 6.45) is 7.14. The Morgan fingerprint density at radius 2 is 1.84 bits per heavy atom. The number of benzene rings is 1. The number of likely N-dealkylation sites (tertiary alicyclic amines) is 1. The maximum Gasteiger partial charge on any atom is 0.248 e. The molecule has 1 aromatic carbocycles. The fraction of sp³-hybridized carbons (Fsp3) is 0.300. The molecule has 5 nitrogen and oxygen atoms in total. The van der Waals surface area contributed by atoms with Crippen LogP contribution >= 0.6 is 0 Å². The minimum Gasteiger partial charge on any atom is -0.381 e. The quantitative estimate of drug-likeness (QED) is 0.823. The number of anilines is 2. The Labute approximate surface area is 148 Å². The van der Waals surface area contributed by atoms with E-state index in [9.17, 15) is 4.79 Å². The van der Waals surface area contributed by atoms with Crippen molar-refractivity contribution in [3.63, 3.8) is 0 Å². The normalized spacial score (nSPS) is 16.0. The number of hydrogen-bond acceptors (Lipinski definition) is 4. The lowest BCUT2D eigenvalue weighted by Crippen LogP contribution is -2.36. The van der Waals surface area contributed by atoms with Gasteiger partial charge in [0.05, 0.1) is 17.1 Å². The van der Waals surface area contributed by atoms with Crippen LogP contribution in [0.2, 0.25) is 0 Å². The van der Waals surface area contributed by atoms with Gasteiger partial charge in [-0.25, -0.2) is 0 Å². The smallest absolute Gasteiger partial charge is 0.248 e. The van der Waals surface area contributed by atoms with E-state index in [0.29, 0.717) is 6.04 Å². The topological polar surface area (TPSA) is 57.3 Å². The van der Waals surface area contributed by atoms with Gasteiger partial charge in [-0.05, 0) is 63.3 Å². The van der Waals surface area contributed by atoms with E-state index in [4.69, 9.17) is 0 Å². The maximum atomic E-state index is 12.2. The van der Waals surface area contributed by atoms with Crippen molar-refractivity contribution in [1.29, 1.82) is 0 Å². The Balaban J connectivity index is 1.62. The number of piperidine rings is 1. The number of nitrogens with one attached hydrogen (secondary N) is 2. The van der Waals surface area contributed by atoms with E-state index >= 15 is 0 Å². The van der Waals surface area contributed by atoms with Crippen LogP contribution in [0.5, 0.6) is 0 Å². The molecule has 0 radical (unpaired) electrons. The zero-order valence-corrected chi connectivity index (χ0v) is 14.5. The number of para-hydroxylation sites is 2. The summed E-state index contributed by atoms with van der Waals surface area (Å²) in [6, 6.07) is 13.9. The third-order valence-electron chi connectivity index (χ3n) is 4.36. The largest absolute Gasteiger partial charge is 0.381 e. The Kier molecular flexibility index (Phi) is 5.80. The Morgan fingerprint density at radius 3 is 2.56 bits per heavy atom. The second-order valence-corrected chi connectivity index (χ2v) is 6.34. The molecule has 130 valence electrons. The molecule has 25 heavy (non-hydrogen) atoms. The predicted molar refractivity (Wildman–Crippen MR) is 102 cm³/mol. The molecule has 3 rings (SSSR count). The van der Waals surface area contributed by atoms with E-state index in [1.165, 1.54) is 6.08 Å². The van der Waals surface area contributed by atoms with Crippen LogP contribution in [0.4, 0.5) is 11.4 Å². The fourth-order valence-electron chi connectivity index (χ4n) is 2.90. The Morgan fingerprint density at radius 1 is 1.12 bits per heavy atom. The van der Waals surface area contributed by atoms with Crippen LogP contribution in [0.3, 0.4) is 0 Å². The van der Waals surface area contributed by atoms with Gasteiger partial charge in [0, 0.05) is 18.3 Å². The summed E-state index contributed by atoms with van der Waals surface area (Å²) in [5.74, 6) is -0.164. The monoisotopic (exact) mass is 336 g/mol. The highest BCUT2D eigenvalue weighted by Crippen LogP contribution is 2.24. The summed E-state index contributed by atoms with van der Waals surface area (Å²) >= 11 is 0. The first-order chi connectivity index (χ1) is 12.2. The average Bonchev–Trinajstić information content (AvgIpc) is 2.64. The molecule has 0 bridgehead atoms. The predicted octanol–water partition coefficient (Wildman–Crippen LogP) is 3.24. The first kappa shape index (κ1) is 17.2. The van der Waals surface area contributed by atoms with Gasteiger partial charge in [-0.1, -0.05) is 18.2 Å². The van der Waals surface area contributed by atoms with Gasteiger partial charge in [0.25, 0.3) is 0 Å². The molecule has 2 aromatic rings. The van der Waals surface area contributed by atoms with Crippen LogP contribution in [0.1, 0.15) is 18.5 Å². The van der Waals surface area contributed by atoms with Crippen LogP contribution in [-0.4, -0.2) is 42.0 Å². The van der Waals surface area contributed by atoms with Crippen molar-refractivity contribution in [2.24, 2.45) is 0 Å². The van der Waals surface area contributed by atoms with Crippen LogP contribution < -0.4 is 10.6 Å². The number of carbonyl (C=O) groups is 1. The SMILES string of the molecule is CN1CCC(Nc2ccccc2NC(=O)C=Cc2ccccn2)CC1. The zero-order chi connectivity index (χ0) is 17.5. The maximum absolute atomic E-state index is 12.2. The third kappa shape index (κ3) is 5.16. The highest BCUT2D eigenvalue weighted by atomic mass is 16.1. The summed E-state index contributed by atoms with van der Waals surface area (Å²) in [6.45, 7) is 2.19. The zero-order valence-electron chi connectivity index (χ0n) is 14.5. The molecule has 0 atom stereocenters. The molecule has 2 N–H and O–H groups in total. The van der Waals surface area contributed by atoms with Gasteiger partial charge in [-0.2, -0.15) is 0 Å². The third-order valence-corrected chi connectivity index (χ3v) is 4.36. The van der Waals surface area contributed by atoms with Crippen molar-refractivity contribution in [3.05, 3.63) is 60.4 Å². The molecule has 1 aromatic heterocycles. The van der Waals surface area contributed by atoms with E-state index in [1.807, 2.05) is 42.5 Å². The molecular weight excluding hydrogens is 312 g/mol. The second-order valence-electron chi connectivity index (χ2n) is 6.34.